The molecule has 1 aliphatic carbocycles. The van der Waals surface area contributed by atoms with Crippen molar-refractivity contribution >= 4 is 11.6 Å². The van der Waals surface area contributed by atoms with Crippen LogP contribution in [0.4, 0.5) is 0 Å². The van der Waals surface area contributed by atoms with Crippen LogP contribution in [-0.4, -0.2) is 111 Å². The van der Waals surface area contributed by atoms with Gasteiger partial charge in [0.05, 0.1) is 5.70 Å². The topological polar surface area (TPSA) is 147 Å². The highest BCUT2D eigenvalue weighted by Gasteiger charge is 2.43. The minimum Gasteiger partial charge on any atom is -0.389 e. The van der Waals surface area contributed by atoms with Crippen LogP contribution in [0.5, 0.6) is 0 Å². The molecule has 27 heavy (non-hydrogen) atoms. The van der Waals surface area contributed by atoms with E-state index in [9.17, 15) is 19.7 Å². The Balaban J connectivity index is 0.000000183. The Morgan fingerprint density at radius 3 is 1.67 bits per heavy atom. The summed E-state index contributed by atoms with van der Waals surface area (Å²) >= 11 is 0. The van der Waals surface area contributed by atoms with Crippen molar-refractivity contribution in [2.24, 2.45) is 0 Å². The monoisotopic (exact) mass is 382 g/mol. The second kappa shape index (κ2) is 7.25. The lowest BCUT2D eigenvalue weighted by atomic mass is 10.0. The molecule has 0 radical (unpaired) electrons. The molecule has 11 nitrogen and oxygen atoms in total. The van der Waals surface area contributed by atoms with Gasteiger partial charge in [0.25, 0.3) is 5.54 Å². The maximum Gasteiger partial charge on any atom is 0.289 e. The fourth-order valence-electron chi connectivity index (χ4n) is 2.60. The maximum atomic E-state index is 12.4. The van der Waals surface area contributed by atoms with E-state index in [1.807, 2.05) is 14.7 Å². The molecule has 3 heterocycles. The zero-order chi connectivity index (χ0) is 19.8. The molecule has 148 valence electrons. The molecule has 3 fully saturated rings. The van der Waals surface area contributed by atoms with Crippen LogP contribution in [0.25, 0.3) is 0 Å². The first-order valence-electron chi connectivity index (χ1n) is 8.65. The molecule has 0 aromatic carbocycles. The van der Waals surface area contributed by atoms with Gasteiger partial charge in [-0.25, -0.2) is 0 Å². The summed E-state index contributed by atoms with van der Waals surface area (Å²) in [7, 11) is 0. The Kier molecular flexibility index (Phi) is 5.18. The van der Waals surface area contributed by atoms with Crippen LogP contribution >= 0.6 is 0 Å². The summed E-state index contributed by atoms with van der Waals surface area (Å²) < 4.78 is 0. The second-order valence-corrected chi connectivity index (χ2v) is 6.84. The highest BCUT2D eigenvalue weighted by molar-refractivity contribution is 6.22. The number of allylic oxidation sites excluding steroid dienone is 1. The van der Waals surface area contributed by atoms with E-state index in [1.165, 1.54) is 6.08 Å². The van der Waals surface area contributed by atoms with Gasteiger partial charge >= 0.3 is 0 Å². The molecule has 0 aromatic rings. The van der Waals surface area contributed by atoms with E-state index in [1.54, 1.807) is 0 Å². The van der Waals surface area contributed by atoms with E-state index in [4.69, 9.17) is 15.3 Å². The summed E-state index contributed by atoms with van der Waals surface area (Å²) in [5.74, 6) is 0.0485. The molecule has 3 N–H and O–H groups in total. The van der Waals surface area contributed by atoms with Gasteiger partial charge in [-0.1, -0.05) is 0 Å². The van der Waals surface area contributed by atoms with Crippen molar-refractivity contribution in [3.63, 3.8) is 0 Å². The van der Waals surface area contributed by atoms with Crippen LogP contribution < -0.4 is 0 Å². The summed E-state index contributed by atoms with van der Waals surface area (Å²) in [6.07, 6.45) is 1.52. The standard InChI is InChI=1S/C12H13N3O2.C4H9NO5/c16-9-7-8(13-1-2-13)12(17)11(15-5-6-15)10(9)14-3-4-14;6-1-4(2-7,3-8)5(9)10/h7H,1-6H2;6-8H,1-3H2. The van der Waals surface area contributed by atoms with E-state index in [2.05, 4.69) is 0 Å². The van der Waals surface area contributed by atoms with Crippen LogP contribution in [0.1, 0.15) is 0 Å². The summed E-state index contributed by atoms with van der Waals surface area (Å²) in [5, 5.41) is 35.2. The normalized spacial score (nSPS) is 21.0. The quantitative estimate of drug-likeness (QED) is 0.182. The number of nitrogens with zero attached hydrogens (tertiary/aromatic N) is 4. The van der Waals surface area contributed by atoms with Crippen molar-refractivity contribution in [2.45, 2.75) is 5.54 Å². The van der Waals surface area contributed by atoms with Gasteiger partial charge in [-0.15, -0.1) is 0 Å². The van der Waals surface area contributed by atoms with E-state index in [-0.39, 0.29) is 11.6 Å². The molecule has 4 aliphatic rings. The number of rotatable bonds is 7. The molecular weight excluding hydrogens is 360 g/mol. The van der Waals surface area contributed by atoms with Gasteiger partial charge in [-0.3, -0.25) is 19.7 Å². The average molecular weight is 382 g/mol. The average Bonchev–Trinajstić information content (AvgIpc) is 3.50. The first kappa shape index (κ1) is 19.3. The smallest absolute Gasteiger partial charge is 0.289 e. The molecule has 0 spiro atoms. The third-order valence-corrected chi connectivity index (χ3v) is 4.76. The number of hydrogen-bond acceptors (Lipinski definition) is 10. The lowest BCUT2D eigenvalue weighted by Gasteiger charge is -2.21. The van der Waals surface area contributed by atoms with E-state index < -0.39 is 30.3 Å². The SMILES string of the molecule is O=C1C=C(N2CC2)C(=O)C(N2CC2)=C1N1CC1.O=[N+]([O-])C(CO)(CO)CO. The summed E-state index contributed by atoms with van der Waals surface area (Å²) in [6.45, 7) is 2.80. The van der Waals surface area contributed by atoms with Gasteiger partial charge in [0.1, 0.15) is 31.2 Å². The van der Waals surface area contributed by atoms with Crippen molar-refractivity contribution in [2.75, 3.05) is 59.1 Å². The van der Waals surface area contributed by atoms with Crippen LogP contribution in [0.3, 0.4) is 0 Å². The molecule has 0 amide bonds. The van der Waals surface area contributed by atoms with Crippen molar-refractivity contribution in [3.05, 3.63) is 33.3 Å². The van der Waals surface area contributed by atoms with Gasteiger partial charge in [-0.05, 0) is 0 Å². The van der Waals surface area contributed by atoms with Crippen molar-refractivity contribution in [3.8, 4) is 0 Å². The van der Waals surface area contributed by atoms with Crippen molar-refractivity contribution < 1.29 is 29.8 Å². The zero-order valence-electron chi connectivity index (χ0n) is 14.7. The van der Waals surface area contributed by atoms with Crippen molar-refractivity contribution in [1.82, 2.24) is 14.7 Å². The highest BCUT2D eigenvalue weighted by Crippen LogP contribution is 2.33. The van der Waals surface area contributed by atoms with Gasteiger partial charge < -0.3 is 30.0 Å². The van der Waals surface area contributed by atoms with Crippen LogP contribution in [0.15, 0.2) is 23.2 Å². The maximum absolute atomic E-state index is 12.4. The first-order valence-corrected chi connectivity index (χ1v) is 8.65. The number of carbonyl (C=O) groups is 2. The number of Topliss-reactive ketones (excluding diaryl/α,β-unsaturated/α-hetero) is 1. The van der Waals surface area contributed by atoms with Gasteiger partial charge in [0.2, 0.25) is 11.6 Å². The number of carbonyl (C=O) groups excluding carboxylic acids is 2. The molecule has 0 saturated carbocycles. The Morgan fingerprint density at radius 1 is 0.889 bits per heavy atom. The predicted octanol–water partition coefficient (Wildman–Crippen LogP) is -2.84. The zero-order valence-corrected chi connectivity index (χ0v) is 14.7. The van der Waals surface area contributed by atoms with Gasteiger partial charge in [-0.2, -0.15) is 0 Å². The number of aliphatic hydroxyl groups is 3. The minimum atomic E-state index is -1.99. The molecule has 3 saturated heterocycles. The van der Waals surface area contributed by atoms with E-state index in [0.29, 0.717) is 17.1 Å². The van der Waals surface area contributed by atoms with Crippen molar-refractivity contribution in [1.29, 1.82) is 0 Å². The predicted molar refractivity (Wildman–Crippen MR) is 90.8 cm³/mol. The van der Waals surface area contributed by atoms with Crippen LogP contribution in [0.2, 0.25) is 0 Å². The number of ketones is 2. The summed E-state index contributed by atoms with van der Waals surface area (Å²) in [6, 6.07) is 0. The van der Waals surface area contributed by atoms with Gasteiger partial charge in [0.15, 0.2) is 0 Å². The Bertz CT molecular complexity index is 708. The minimum absolute atomic E-state index is 0.00546. The Morgan fingerprint density at radius 2 is 1.33 bits per heavy atom. The molecule has 11 heteroatoms. The third kappa shape index (κ3) is 3.80. The molecule has 4 rings (SSSR count). The number of nitro groups is 1. The van der Waals surface area contributed by atoms with E-state index >= 15 is 0 Å². The Hall–Kier alpha value is -2.50. The lowest BCUT2D eigenvalue weighted by molar-refractivity contribution is -0.580. The van der Waals surface area contributed by atoms with Gasteiger partial charge in [0, 0.05) is 50.3 Å². The molecule has 0 aromatic heterocycles. The molecular formula is C16H22N4O7. The summed E-state index contributed by atoms with van der Waals surface area (Å²) in [5.41, 5.74) is -0.0995. The molecule has 3 aliphatic heterocycles. The fraction of sp³-hybridized carbons (Fsp3) is 0.625. The lowest BCUT2D eigenvalue weighted by Crippen LogP contribution is -2.49. The second-order valence-electron chi connectivity index (χ2n) is 6.84. The fourth-order valence-corrected chi connectivity index (χ4v) is 2.60. The molecule has 0 unspecified atom stereocenters. The molecule has 0 atom stereocenters. The number of aliphatic hydroxyl groups excluding tert-OH is 3. The highest BCUT2D eigenvalue weighted by atomic mass is 16.6. The van der Waals surface area contributed by atoms with Crippen LogP contribution in [-0.2, 0) is 9.59 Å². The third-order valence-electron chi connectivity index (χ3n) is 4.76. The first-order chi connectivity index (χ1) is 12.9. The number of hydrogen-bond donors (Lipinski definition) is 3. The van der Waals surface area contributed by atoms with Crippen LogP contribution in [0, 0.1) is 10.1 Å². The largest absolute Gasteiger partial charge is 0.389 e. The molecule has 0 bridgehead atoms. The Labute approximate surface area is 154 Å². The summed E-state index contributed by atoms with van der Waals surface area (Å²) in [4.78, 5) is 39.6. The van der Waals surface area contributed by atoms with E-state index in [0.717, 1.165) is 39.3 Å².